The van der Waals surface area contributed by atoms with E-state index in [1.54, 1.807) is 31.2 Å². The Morgan fingerprint density at radius 3 is 2.61 bits per heavy atom. The molecule has 0 radical (unpaired) electrons. The number of ether oxygens (including phenoxy) is 2. The van der Waals surface area contributed by atoms with Gasteiger partial charge in [0.2, 0.25) is 0 Å². The molecule has 2 heterocycles. The number of carbonyl (C=O) groups excluding carboxylic acids is 3. The molecule has 146 valence electrons. The van der Waals surface area contributed by atoms with E-state index in [0.29, 0.717) is 10.0 Å². The number of amides is 2. The summed E-state index contributed by atoms with van der Waals surface area (Å²) < 4.78 is 11.1. The Hall–Kier alpha value is -2.65. The van der Waals surface area contributed by atoms with Crippen molar-refractivity contribution in [3.05, 3.63) is 68.0 Å². The molecule has 2 aromatic rings. The van der Waals surface area contributed by atoms with Crippen molar-refractivity contribution in [2.45, 2.75) is 13.0 Å². The lowest BCUT2D eigenvalue weighted by Crippen LogP contribution is -2.46. The molecule has 7 nitrogen and oxygen atoms in total. The van der Waals surface area contributed by atoms with Gasteiger partial charge in [0.25, 0.3) is 0 Å². The zero-order chi connectivity index (χ0) is 20.1. The minimum Gasteiger partial charge on any atom is -0.463 e. The highest BCUT2D eigenvalue weighted by atomic mass is 79.9. The molecule has 0 fully saturated rings. The number of thiophene rings is 1. The van der Waals surface area contributed by atoms with E-state index >= 15 is 0 Å². The van der Waals surface area contributed by atoms with Gasteiger partial charge in [0.05, 0.1) is 29.5 Å². The Balaban J connectivity index is 1.90. The van der Waals surface area contributed by atoms with Crippen LogP contribution in [-0.4, -0.2) is 31.2 Å². The number of hydrogen-bond acceptors (Lipinski definition) is 6. The average molecular weight is 465 g/mol. The molecule has 3 rings (SSSR count). The van der Waals surface area contributed by atoms with Crippen LogP contribution < -0.4 is 10.6 Å². The third kappa shape index (κ3) is 4.42. The molecule has 9 heteroatoms. The minimum atomic E-state index is -0.676. The molecule has 0 aliphatic carbocycles. The third-order valence-electron chi connectivity index (χ3n) is 3.92. The number of rotatable bonds is 6. The number of carbonyl (C=O) groups is 3. The topological polar surface area (TPSA) is 93.7 Å². The summed E-state index contributed by atoms with van der Waals surface area (Å²) >= 11 is 4.70. The lowest BCUT2D eigenvalue weighted by Gasteiger charge is -2.28. The maximum atomic E-state index is 12.6. The Morgan fingerprint density at radius 2 is 1.93 bits per heavy atom. The number of halogens is 1. The lowest BCUT2D eigenvalue weighted by molar-refractivity contribution is -0.139. The second-order valence-corrected chi connectivity index (χ2v) is 7.55. The number of hydrogen-bond donors (Lipinski definition) is 2. The van der Waals surface area contributed by atoms with Crippen LogP contribution in [0.4, 0.5) is 4.79 Å². The number of urea groups is 1. The molecular formula is C19H17BrN2O5S. The van der Waals surface area contributed by atoms with Crippen molar-refractivity contribution in [3.8, 4) is 0 Å². The van der Waals surface area contributed by atoms with Crippen molar-refractivity contribution in [2.24, 2.45) is 0 Å². The van der Waals surface area contributed by atoms with E-state index in [-0.39, 0.29) is 24.5 Å². The van der Waals surface area contributed by atoms with Crippen LogP contribution in [0.5, 0.6) is 0 Å². The van der Waals surface area contributed by atoms with E-state index in [4.69, 9.17) is 9.47 Å². The van der Waals surface area contributed by atoms with Crippen molar-refractivity contribution in [1.29, 1.82) is 0 Å². The zero-order valence-electron chi connectivity index (χ0n) is 14.9. The second kappa shape index (κ2) is 9.03. The van der Waals surface area contributed by atoms with Crippen molar-refractivity contribution >= 4 is 45.2 Å². The lowest BCUT2D eigenvalue weighted by atomic mass is 10.0. The Kier molecular flexibility index (Phi) is 6.48. The van der Waals surface area contributed by atoms with Crippen LogP contribution in [0.2, 0.25) is 0 Å². The van der Waals surface area contributed by atoms with Gasteiger partial charge >= 0.3 is 18.0 Å². The van der Waals surface area contributed by atoms with E-state index < -0.39 is 24.0 Å². The summed E-state index contributed by atoms with van der Waals surface area (Å²) in [6, 6.07) is 9.30. The van der Waals surface area contributed by atoms with Gasteiger partial charge in [-0.15, -0.1) is 11.3 Å². The molecule has 1 unspecified atom stereocenters. The summed E-state index contributed by atoms with van der Waals surface area (Å²) in [5, 5.41) is 7.13. The van der Waals surface area contributed by atoms with Crippen molar-refractivity contribution in [3.63, 3.8) is 0 Å². The van der Waals surface area contributed by atoms with E-state index in [1.165, 1.54) is 11.3 Å². The fraction of sp³-hybridized carbons (Fsp3) is 0.211. The molecule has 1 aliphatic rings. The SMILES string of the molecule is CCOC(=O)C1=C(COC(=O)c2ccccc2Br)NC(=O)NC1c1cccs1. The van der Waals surface area contributed by atoms with Gasteiger partial charge in [0.15, 0.2) is 0 Å². The molecule has 2 amide bonds. The van der Waals surface area contributed by atoms with Gasteiger partial charge in [-0.05, 0) is 46.4 Å². The molecule has 1 aliphatic heterocycles. The molecule has 1 aromatic carbocycles. The van der Waals surface area contributed by atoms with Crippen molar-refractivity contribution in [1.82, 2.24) is 10.6 Å². The maximum Gasteiger partial charge on any atom is 0.339 e. The van der Waals surface area contributed by atoms with Crippen LogP contribution in [0.3, 0.4) is 0 Å². The molecule has 28 heavy (non-hydrogen) atoms. The Bertz CT molecular complexity index is 926. The van der Waals surface area contributed by atoms with Gasteiger partial charge in [0.1, 0.15) is 6.61 Å². The van der Waals surface area contributed by atoms with E-state index in [9.17, 15) is 14.4 Å². The summed E-state index contributed by atoms with van der Waals surface area (Å²) in [4.78, 5) is 37.9. The fourth-order valence-electron chi connectivity index (χ4n) is 2.69. The van der Waals surface area contributed by atoms with Crippen molar-refractivity contribution < 1.29 is 23.9 Å². The van der Waals surface area contributed by atoms with Gasteiger partial charge < -0.3 is 20.1 Å². The summed E-state index contributed by atoms with van der Waals surface area (Å²) in [7, 11) is 0. The van der Waals surface area contributed by atoms with Gasteiger partial charge in [-0.1, -0.05) is 18.2 Å². The highest BCUT2D eigenvalue weighted by Crippen LogP contribution is 2.31. The first-order chi connectivity index (χ1) is 13.5. The maximum absolute atomic E-state index is 12.6. The van der Waals surface area contributed by atoms with Gasteiger partial charge in [0, 0.05) is 9.35 Å². The van der Waals surface area contributed by atoms with Crippen LogP contribution in [0.1, 0.15) is 28.2 Å². The average Bonchev–Trinajstić information content (AvgIpc) is 3.20. The van der Waals surface area contributed by atoms with Crippen LogP contribution in [0, 0.1) is 0 Å². The molecule has 2 N–H and O–H groups in total. The van der Waals surface area contributed by atoms with E-state index in [2.05, 4.69) is 26.6 Å². The van der Waals surface area contributed by atoms with Gasteiger partial charge in [-0.3, -0.25) is 0 Å². The molecule has 0 saturated heterocycles. The first-order valence-corrected chi connectivity index (χ1v) is 10.1. The largest absolute Gasteiger partial charge is 0.463 e. The highest BCUT2D eigenvalue weighted by Gasteiger charge is 2.34. The van der Waals surface area contributed by atoms with E-state index in [1.807, 2.05) is 17.5 Å². The molecule has 0 bridgehead atoms. The first-order valence-electron chi connectivity index (χ1n) is 8.44. The van der Waals surface area contributed by atoms with Gasteiger partial charge in [-0.2, -0.15) is 0 Å². The predicted molar refractivity (Wildman–Crippen MR) is 107 cm³/mol. The quantitative estimate of drug-likeness (QED) is 0.637. The number of nitrogens with one attached hydrogen (secondary N) is 2. The van der Waals surface area contributed by atoms with Crippen molar-refractivity contribution in [2.75, 3.05) is 13.2 Å². The monoisotopic (exact) mass is 464 g/mol. The zero-order valence-corrected chi connectivity index (χ0v) is 17.3. The molecular weight excluding hydrogens is 448 g/mol. The summed E-state index contributed by atoms with van der Waals surface area (Å²) in [5.41, 5.74) is 0.751. The smallest absolute Gasteiger partial charge is 0.339 e. The number of esters is 2. The first kappa shape index (κ1) is 20.1. The summed E-state index contributed by atoms with van der Waals surface area (Å²) in [5.74, 6) is -1.16. The minimum absolute atomic E-state index is 0.178. The second-order valence-electron chi connectivity index (χ2n) is 5.72. The molecule has 0 spiro atoms. The van der Waals surface area contributed by atoms with Crippen LogP contribution >= 0.6 is 27.3 Å². The normalized spacial score (nSPS) is 16.2. The number of benzene rings is 1. The standard InChI is InChI=1S/C19H17BrN2O5S/c1-2-26-18(24)15-13(10-27-17(23)11-6-3-4-7-12(11)20)21-19(25)22-16(15)14-8-5-9-28-14/h3-9,16H,2,10H2,1H3,(H2,21,22,25). The fourth-order valence-corrected chi connectivity index (χ4v) is 3.92. The Morgan fingerprint density at radius 1 is 1.14 bits per heavy atom. The Labute approximate surface area is 173 Å². The van der Waals surface area contributed by atoms with Crippen LogP contribution in [-0.2, 0) is 14.3 Å². The van der Waals surface area contributed by atoms with Gasteiger partial charge in [-0.25, -0.2) is 14.4 Å². The van der Waals surface area contributed by atoms with Crippen LogP contribution in [0.25, 0.3) is 0 Å². The summed E-state index contributed by atoms with van der Waals surface area (Å²) in [6.07, 6.45) is 0. The van der Waals surface area contributed by atoms with E-state index in [0.717, 1.165) is 4.88 Å². The molecule has 1 atom stereocenters. The third-order valence-corrected chi connectivity index (χ3v) is 5.55. The molecule has 1 aromatic heterocycles. The molecule has 0 saturated carbocycles. The summed E-state index contributed by atoms with van der Waals surface area (Å²) in [6.45, 7) is 1.60. The van der Waals surface area contributed by atoms with Crippen LogP contribution in [0.15, 0.2) is 57.5 Å². The predicted octanol–water partition coefficient (Wildman–Crippen LogP) is 3.54. The highest BCUT2D eigenvalue weighted by molar-refractivity contribution is 9.10.